The number of carbonyl (C=O) groups excluding carboxylic acids is 1. The van der Waals surface area contributed by atoms with Crippen LogP contribution in [0, 0.1) is 0 Å². The lowest BCUT2D eigenvalue weighted by Crippen LogP contribution is -2.52. The summed E-state index contributed by atoms with van der Waals surface area (Å²) >= 11 is 0. The van der Waals surface area contributed by atoms with Crippen LogP contribution in [0.15, 0.2) is 0 Å². The van der Waals surface area contributed by atoms with Crippen molar-refractivity contribution >= 4 is 5.91 Å². The quantitative estimate of drug-likeness (QED) is 0.749. The highest BCUT2D eigenvalue weighted by Gasteiger charge is 2.28. The molecule has 4 heteroatoms. The molecule has 0 radical (unpaired) electrons. The third-order valence-corrected chi connectivity index (χ3v) is 3.68. The molecule has 2 rings (SSSR count). The smallest absolute Gasteiger partial charge is 0.237 e. The van der Waals surface area contributed by atoms with E-state index in [1.165, 1.54) is 12.8 Å². The van der Waals surface area contributed by atoms with E-state index in [1.54, 1.807) is 7.11 Å². The first-order valence-electron chi connectivity index (χ1n) is 6.36. The predicted octanol–water partition coefficient (Wildman–Crippen LogP) is 0.812. The SMILES string of the molecule is COC1CCCC(NC2CCCNC2=O)C1. The predicted molar refractivity (Wildman–Crippen MR) is 62.2 cm³/mol. The molecule has 0 aromatic rings. The van der Waals surface area contributed by atoms with Crippen molar-refractivity contribution in [2.45, 2.75) is 56.7 Å². The van der Waals surface area contributed by atoms with Crippen LogP contribution in [0.25, 0.3) is 0 Å². The minimum Gasteiger partial charge on any atom is -0.381 e. The zero-order valence-corrected chi connectivity index (χ0v) is 10.00. The first kappa shape index (κ1) is 11.9. The number of nitrogens with one attached hydrogen (secondary N) is 2. The maximum Gasteiger partial charge on any atom is 0.237 e. The van der Waals surface area contributed by atoms with Crippen molar-refractivity contribution in [1.29, 1.82) is 0 Å². The van der Waals surface area contributed by atoms with Crippen LogP contribution >= 0.6 is 0 Å². The third-order valence-electron chi connectivity index (χ3n) is 3.68. The second kappa shape index (κ2) is 5.64. The molecule has 1 aliphatic heterocycles. The summed E-state index contributed by atoms with van der Waals surface area (Å²) in [5, 5.41) is 6.39. The van der Waals surface area contributed by atoms with Gasteiger partial charge in [-0.3, -0.25) is 4.79 Å². The second-order valence-corrected chi connectivity index (χ2v) is 4.87. The van der Waals surface area contributed by atoms with Crippen molar-refractivity contribution in [2.24, 2.45) is 0 Å². The van der Waals surface area contributed by atoms with Crippen molar-refractivity contribution < 1.29 is 9.53 Å². The van der Waals surface area contributed by atoms with E-state index >= 15 is 0 Å². The van der Waals surface area contributed by atoms with E-state index in [0.717, 1.165) is 32.2 Å². The molecule has 92 valence electrons. The van der Waals surface area contributed by atoms with E-state index < -0.39 is 0 Å². The Kier molecular flexibility index (Phi) is 4.18. The average Bonchev–Trinajstić information content (AvgIpc) is 2.32. The molecule has 0 aromatic carbocycles. The van der Waals surface area contributed by atoms with E-state index in [4.69, 9.17) is 4.74 Å². The Labute approximate surface area is 97.1 Å². The summed E-state index contributed by atoms with van der Waals surface area (Å²) < 4.78 is 5.40. The molecule has 1 aliphatic carbocycles. The molecule has 3 unspecified atom stereocenters. The van der Waals surface area contributed by atoms with E-state index in [-0.39, 0.29) is 11.9 Å². The number of amides is 1. The number of ether oxygens (including phenoxy) is 1. The molecule has 0 bridgehead atoms. The van der Waals surface area contributed by atoms with Crippen LogP contribution in [0.2, 0.25) is 0 Å². The molecular formula is C12H22N2O2. The van der Waals surface area contributed by atoms with Crippen LogP contribution in [0.3, 0.4) is 0 Å². The van der Waals surface area contributed by atoms with E-state index in [9.17, 15) is 4.79 Å². The van der Waals surface area contributed by atoms with Gasteiger partial charge in [0.05, 0.1) is 12.1 Å². The molecular weight excluding hydrogens is 204 g/mol. The topological polar surface area (TPSA) is 50.4 Å². The Morgan fingerprint density at radius 2 is 2.19 bits per heavy atom. The average molecular weight is 226 g/mol. The summed E-state index contributed by atoms with van der Waals surface area (Å²) in [5.74, 6) is 0.172. The molecule has 1 saturated heterocycles. The van der Waals surface area contributed by atoms with Gasteiger partial charge in [0.25, 0.3) is 0 Å². The molecule has 1 heterocycles. The summed E-state index contributed by atoms with van der Waals surface area (Å²) in [6.45, 7) is 0.836. The molecule has 0 spiro atoms. The maximum atomic E-state index is 11.6. The van der Waals surface area contributed by atoms with Gasteiger partial charge in [0.15, 0.2) is 0 Å². The van der Waals surface area contributed by atoms with Gasteiger partial charge in [0, 0.05) is 19.7 Å². The molecule has 2 N–H and O–H groups in total. The van der Waals surface area contributed by atoms with Crippen LogP contribution < -0.4 is 10.6 Å². The fraction of sp³-hybridized carbons (Fsp3) is 0.917. The molecule has 16 heavy (non-hydrogen) atoms. The highest BCUT2D eigenvalue weighted by atomic mass is 16.5. The van der Waals surface area contributed by atoms with E-state index in [2.05, 4.69) is 10.6 Å². The van der Waals surface area contributed by atoms with E-state index in [0.29, 0.717) is 12.1 Å². The first-order chi connectivity index (χ1) is 7.79. The molecule has 1 amide bonds. The summed E-state index contributed by atoms with van der Waals surface area (Å²) in [4.78, 5) is 11.6. The Morgan fingerprint density at radius 3 is 2.94 bits per heavy atom. The monoisotopic (exact) mass is 226 g/mol. The third kappa shape index (κ3) is 2.95. The van der Waals surface area contributed by atoms with Gasteiger partial charge >= 0.3 is 0 Å². The standard InChI is InChI=1S/C12H22N2O2/c1-16-10-5-2-4-9(8-10)14-11-6-3-7-13-12(11)15/h9-11,14H,2-8H2,1H3,(H,13,15). The normalized spacial score (nSPS) is 35.8. The molecule has 1 saturated carbocycles. The summed E-state index contributed by atoms with van der Waals surface area (Å²) in [6, 6.07) is 0.474. The maximum absolute atomic E-state index is 11.6. The highest BCUT2D eigenvalue weighted by Crippen LogP contribution is 2.21. The van der Waals surface area contributed by atoms with Crippen LogP contribution in [0.5, 0.6) is 0 Å². The summed E-state index contributed by atoms with van der Waals surface area (Å²) in [5.41, 5.74) is 0. The molecule has 2 fully saturated rings. The Bertz CT molecular complexity index is 245. The molecule has 0 aromatic heterocycles. The lowest BCUT2D eigenvalue weighted by Gasteiger charge is -2.33. The first-order valence-corrected chi connectivity index (χ1v) is 6.36. The van der Waals surface area contributed by atoms with Gasteiger partial charge in [0.1, 0.15) is 0 Å². The van der Waals surface area contributed by atoms with Gasteiger partial charge in [-0.05, 0) is 38.5 Å². The minimum absolute atomic E-state index is 0.0226. The van der Waals surface area contributed by atoms with Gasteiger partial charge in [-0.1, -0.05) is 0 Å². The van der Waals surface area contributed by atoms with Crippen molar-refractivity contribution in [3.05, 3.63) is 0 Å². The summed E-state index contributed by atoms with van der Waals surface area (Å²) in [7, 11) is 1.78. The zero-order chi connectivity index (χ0) is 11.4. The number of hydrogen-bond acceptors (Lipinski definition) is 3. The Balaban J connectivity index is 1.81. The van der Waals surface area contributed by atoms with Crippen LogP contribution in [-0.4, -0.2) is 37.7 Å². The zero-order valence-electron chi connectivity index (χ0n) is 10.00. The highest BCUT2D eigenvalue weighted by molar-refractivity contribution is 5.82. The fourth-order valence-electron chi connectivity index (χ4n) is 2.73. The van der Waals surface area contributed by atoms with Crippen molar-refractivity contribution in [1.82, 2.24) is 10.6 Å². The molecule has 4 nitrogen and oxygen atoms in total. The molecule has 3 atom stereocenters. The van der Waals surface area contributed by atoms with Gasteiger partial charge < -0.3 is 15.4 Å². The van der Waals surface area contributed by atoms with Crippen LogP contribution in [-0.2, 0) is 9.53 Å². The minimum atomic E-state index is 0.0226. The van der Waals surface area contributed by atoms with Gasteiger partial charge in [-0.25, -0.2) is 0 Å². The Hall–Kier alpha value is -0.610. The second-order valence-electron chi connectivity index (χ2n) is 4.87. The van der Waals surface area contributed by atoms with Gasteiger partial charge in [0.2, 0.25) is 5.91 Å². The number of methoxy groups -OCH3 is 1. The largest absolute Gasteiger partial charge is 0.381 e. The fourth-order valence-corrected chi connectivity index (χ4v) is 2.73. The van der Waals surface area contributed by atoms with Crippen LogP contribution in [0.1, 0.15) is 38.5 Å². The number of hydrogen-bond donors (Lipinski definition) is 2. The lowest BCUT2D eigenvalue weighted by molar-refractivity contribution is -0.124. The van der Waals surface area contributed by atoms with Crippen molar-refractivity contribution in [2.75, 3.05) is 13.7 Å². The molecule has 2 aliphatic rings. The summed E-state index contributed by atoms with van der Waals surface area (Å²) in [6.07, 6.45) is 7.00. The van der Waals surface area contributed by atoms with E-state index in [1.807, 2.05) is 0 Å². The van der Waals surface area contributed by atoms with Gasteiger partial charge in [-0.15, -0.1) is 0 Å². The van der Waals surface area contributed by atoms with Gasteiger partial charge in [-0.2, -0.15) is 0 Å². The number of piperidine rings is 1. The number of carbonyl (C=O) groups is 1. The lowest BCUT2D eigenvalue weighted by atomic mass is 9.91. The van der Waals surface area contributed by atoms with Crippen LogP contribution in [0.4, 0.5) is 0 Å². The number of rotatable bonds is 3. The Morgan fingerprint density at radius 1 is 1.31 bits per heavy atom. The van der Waals surface area contributed by atoms with Crippen molar-refractivity contribution in [3.8, 4) is 0 Å². The van der Waals surface area contributed by atoms with Crippen molar-refractivity contribution in [3.63, 3.8) is 0 Å².